The van der Waals surface area contributed by atoms with E-state index in [9.17, 15) is 14.4 Å². The zero-order valence-corrected chi connectivity index (χ0v) is 18.8. The van der Waals surface area contributed by atoms with Gasteiger partial charge in [-0.25, -0.2) is 9.59 Å². The van der Waals surface area contributed by atoms with Crippen LogP contribution in [-0.4, -0.2) is 37.7 Å². The largest absolute Gasteiger partial charge is 0.467 e. The zero-order valence-electron chi connectivity index (χ0n) is 18.8. The summed E-state index contributed by atoms with van der Waals surface area (Å²) in [6, 6.07) is 16.5. The fourth-order valence-electron chi connectivity index (χ4n) is 3.21. The Labute approximate surface area is 189 Å². The Morgan fingerprint density at radius 1 is 0.938 bits per heavy atom. The normalized spacial score (nSPS) is 11.3. The van der Waals surface area contributed by atoms with Gasteiger partial charge in [0.2, 0.25) is 5.91 Å². The summed E-state index contributed by atoms with van der Waals surface area (Å²) in [5.74, 6) is -0.649. The van der Waals surface area contributed by atoms with Crippen LogP contribution in [0.25, 0.3) is 0 Å². The number of hydrogen-bond acceptors (Lipinski definition) is 5. The van der Waals surface area contributed by atoms with E-state index in [1.54, 1.807) is 0 Å². The van der Waals surface area contributed by atoms with E-state index < -0.39 is 18.1 Å². The molecule has 32 heavy (non-hydrogen) atoms. The van der Waals surface area contributed by atoms with E-state index in [0.717, 1.165) is 29.5 Å². The van der Waals surface area contributed by atoms with Crippen LogP contribution < -0.4 is 10.6 Å². The molecular weight excluding hydrogens is 408 g/mol. The molecular formula is C25H32N2O5. The van der Waals surface area contributed by atoms with E-state index in [0.29, 0.717) is 25.8 Å². The highest BCUT2D eigenvalue weighted by atomic mass is 16.5. The van der Waals surface area contributed by atoms with Crippen LogP contribution in [0.15, 0.2) is 54.6 Å². The van der Waals surface area contributed by atoms with Crippen molar-refractivity contribution in [1.82, 2.24) is 10.6 Å². The summed E-state index contributed by atoms with van der Waals surface area (Å²) in [7, 11) is 1.32. The number of ether oxygens (including phenoxy) is 2. The summed E-state index contributed by atoms with van der Waals surface area (Å²) in [5.41, 5.74) is 2.99. The van der Waals surface area contributed by atoms with Gasteiger partial charge >= 0.3 is 12.1 Å². The van der Waals surface area contributed by atoms with Crippen molar-refractivity contribution in [2.45, 2.75) is 51.7 Å². The first-order chi connectivity index (χ1) is 15.5. The minimum absolute atomic E-state index is 0.191. The SMILES string of the molecule is COC(=O)[C@@H](Cc1ccccc1C)NC(=O)CCCCCNC(=O)OCc1ccccc1. The summed E-state index contributed by atoms with van der Waals surface area (Å²) in [5, 5.41) is 5.49. The molecule has 2 aromatic rings. The van der Waals surface area contributed by atoms with Crippen LogP contribution in [-0.2, 0) is 32.1 Å². The van der Waals surface area contributed by atoms with Crippen LogP contribution in [0.5, 0.6) is 0 Å². The highest BCUT2D eigenvalue weighted by Crippen LogP contribution is 2.11. The fraction of sp³-hybridized carbons (Fsp3) is 0.400. The van der Waals surface area contributed by atoms with Gasteiger partial charge in [0, 0.05) is 19.4 Å². The Balaban J connectivity index is 1.62. The van der Waals surface area contributed by atoms with Crippen molar-refractivity contribution in [2.24, 2.45) is 0 Å². The maximum absolute atomic E-state index is 12.3. The monoisotopic (exact) mass is 440 g/mol. The van der Waals surface area contributed by atoms with E-state index in [2.05, 4.69) is 10.6 Å². The first-order valence-corrected chi connectivity index (χ1v) is 10.9. The number of methoxy groups -OCH3 is 1. The number of carbonyl (C=O) groups excluding carboxylic acids is 3. The maximum atomic E-state index is 12.3. The number of nitrogens with one attached hydrogen (secondary N) is 2. The quantitative estimate of drug-likeness (QED) is 0.388. The molecule has 2 N–H and O–H groups in total. The average Bonchev–Trinajstić information content (AvgIpc) is 2.81. The molecule has 0 saturated carbocycles. The van der Waals surface area contributed by atoms with Crippen molar-refractivity contribution in [3.63, 3.8) is 0 Å². The summed E-state index contributed by atoms with van der Waals surface area (Å²) in [4.78, 5) is 36.1. The molecule has 0 aromatic heterocycles. The second-order valence-electron chi connectivity index (χ2n) is 7.57. The number of carbonyl (C=O) groups is 3. The number of rotatable bonds is 12. The van der Waals surface area contributed by atoms with Crippen molar-refractivity contribution in [3.8, 4) is 0 Å². The van der Waals surface area contributed by atoms with E-state index in [4.69, 9.17) is 9.47 Å². The molecule has 0 unspecified atom stereocenters. The first-order valence-electron chi connectivity index (χ1n) is 10.9. The van der Waals surface area contributed by atoms with Gasteiger partial charge in [0.1, 0.15) is 12.6 Å². The standard InChI is InChI=1S/C25H32N2O5/c1-19-11-8-9-14-21(19)17-22(24(29)31-2)27-23(28)15-7-4-10-16-26-25(30)32-18-20-12-5-3-6-13-20/h3,5-6,8-9,11-14,22H,4,7,10,15-18H2,1-2H3,(H,26,30)(H,27,28)/t22-/m1/s1. The van der Waals surface area contributed by atoms with Gasteiger partial charge < -0.3 is 20.1 Å². The average molecular weight is 441 g/mol. The third kappa shape index (κ3) is 9.20. The molecule has 172 valence electrons. The first kappa shape index (κ1) is 24.9. The lowest BCUT2D eigenvalue weighted by Crippen LogP contribution is -2.43. The topological polar surface area (TPSA) is 93.7 Å². The molecule has 0 bridgehead atoms. The second-order valence-corrected chi connectivity index (χ2v) is 7.57. The van der Waals surface area contributed by atoms with Crippen LogP contribution >= 0.6 is 0 Å². The molecule has 0 aliphatic heterocycles. The van der Waals surface area contributed by atoms with Gasteiger partial charge in [-0.05, 0) is 36.5 Å². The predicted molar refractivity (Wildman–Crippen MR) is 122 cm³/mol. The number of amides is 2. The fourth-order valence-corrected chi connectivity index (χ4v) is 3.21. The summed E-state index contributed by atoms with van der Waals surface area (Å²) < 4.78 is 10.00. The third-order valence-corrected chi connectivity index (χ3v) is 5.07. The maximum Gasteiger partial charge on any atom is 0.407 e. The highest BCUT2D eigenvalue weighted by molar-refractivity contribution is 5.84. The Morgan fingerprint density at radius 3 is 2.38 bits per heavy atom. The molecule has 1 atom stereocenters. The van der Waals surface area contributed by atoms with Crippen molar-refractivity contribution in [3.05, 3.63) is 71.3 Å². The van der Waals surface area contributed by atoms with Gasteiger partial charge in [0.05, 0.1) is 7.11 Å². The molecule has 0 aliphatic rings. The summed E-state index contributed by atoms with van der Waals surface area (Å²) in [6.07, 6.45) is 2.40. The Morgan fingerprint density at radius 2 is 1.66 bits per heavy atom. The number of benzene rings is 2. The van der Waals surface area contributed by atoms with Crippen molar-refractivity contribution < 1.29 is 23.9 Å². The number of hydrogen-bond donors (Lipinski definition) is 2. The minimum atomic E-state index is -0.713. The van der Waals surface area contributed by atoms with Gasteiger partial charge in [-0.15, -0.1) is 0 Å². The molecule has 2 amide bonds. The molecule has 7 heteroatoms. The molecule has 0 spiro atoms. The van der Waals surface area contributed by atoms with Crippen molar-refractivity contribution >= 4 is 18.0 Å². The molecule has 0 saturated heterocycles. The minimum Gasteiger partial charge on any atom is -0.467 e. The number of unbranched alkanes of at least 4 members (excludes halogenated alkanes) is 2. The molecule has 0 radical (unpaired) electrons. The predicted octanol–water partition coefficient (Wildman–Crippen LogP) is 3.68. The van der Waals surface area contributed by atoms with E-state index in [1.165, 1.54) is 7.11 Å². The van der Waals surface area contributed by atoms with Gasteiger partial charge in [-0.1, -0.05) is 61.0 Å². The Bertz CT molecular complexity index is 870. The number of alkyl carbamates (subject to hydrolysis) is 1. The van der Waals surface area contributed by atoms with Crippen LogP contribution in [0.2, 0.25) is 0 Å². The third-order valence-electron chi connectivity index (χ3n) is 5.07. The Hall–Kier alpha value is -3.35. The smallest absolute Gasteiger partial charge is 0.407 e. The van der Waals surface area contributed by atoms with Gasteiger partial charge in [0.25, 0.3) is 0 Å². The van der Waals surface area contributed by atoms with Crippen LogP contribution in [0.1, 0.15) is 42.4 Å². The Kier molecular flexibility index (Phi) is 10.8. The van der Waals surface area contributed by atoms with Crippen molar-refractivity contribution in [1.29, 1.82) is 0 Å². The molecule has 0 heterocycles. The lowest BCUT2D eigenvalue weighted by molar-refractivity contribution is -0.145. The van der Waals surface area contributed by atoms with Crippen molar-refractivity contribution in [2.75, 3.05) is 13.7 Å². The van der Waals surface area contributed by atoms with E-state index >= 15 is 0 Å². The van der Waals surface area contributed by atoms with Crippen LogP contribution in [0, 0.1) is 6.92 Å². The molecule has 2 aromatic carbocycles. The molecule has 0 fully saturated rings. The molecule has 7 nitrogen and oxygen atoms in total. The van der Waals surface area contributed by atoms with Gasteiger partial charge in [0.15, 0.2) is 0 Å². The lowest BCUT2D eigenvalue weighted by Gasteiger charge is -2.17. The summed E-state index contributed by atoms with van der Waals surface area (Å²) >= 11 is 0. The molecule has 0 aliphatic carbocycles. The number of aryl methyl sites for hydroxylation is 1. The second kappa shape index (κ2) is 13.9. The molecule has 2 rings (SSSR count). The van der Waals surface area contributed by atoms with Crippen LogP contribution in [0.4, 0.5) is 4.79 Å². The van der Waals surface area contributed by atoms with E-state index in [-0.39, 0.29) is 12.5 Å². The lowest BCUT2D eigenvalue weighted by atomic mass is 10.0. The van der Waals surface area contributed by atoms with E-state index in [1.807, 2.05) is 61.5 Å². The highest BCUT2D eigenvalue weighted by Gasteiger charge is 2.22. The van der Waals surface area contributed by atoms with Crippen LogP contribution in [0.3, 0.4) is 0 Å². The summed E-state index contributed by atoms with van der Waals surface area (Å²) in [6.45, 7) is 2.68. The van der Waals surface area contributed by atoms with Gasteiger partial charge in [-0.3, -0.25) is 4.79 Å². The van der Waals surface area contributed by atoms with Gasteiger partial charge in [-0.2, -0.15) is 0 Å². The number of esters is 1. The zero-order chi connectivity index (χ0) is 23.2.